The first-order valence-corrected chi connectivity index (χ1v) is 5.67. The van der Waals surface area contributed by atoms with Gasteiger partial charge in [-0.3, -0.25) is 4.79 Å². The van der Waals surface area contributed by atoms with Gasteiger partial charge in [0.15, 0.2) is 6.61 Å². The molecule has 1 amide bonds. The number of primary amides is 1. The number of benzene rings is 1. The molecule has 1 aromatic heterocycles. The van der Waals surface area contributed by atoms with Crippen molar-refractivity contribution in [2.45, 2.75) is 6.61 Å². The summed E-state index contributed by atoms with van der Waals surface area (Å²) in [6.07, 6.45) is 1.15. The van der Waals surface area contributed by atoms with Crippen molar-refractivity contribution in [1.82, 2.24) is 9.55 Å². The zero-order valence-corrected chi connectivity index (χ0v) is 10.6. The fourth-order valence-corrected chi connectivity index (χ4v) is 1.68. The van der Waals surface area contributed by atoms with Gasteiger partial charge in [-0.25, -0.2) is 9.55 Å². The van der Waals surface area contributed by atoms with E-state index < -0.39 is 10.8 Å². The molecule has 0 atom stereocenters. The highest BCUT2D eigenvalue weighted by Gasteiger charge is 2.17. The lowest BCUT2D eigenvalue weighted by Crippen LogP contribution is -2.13. The standard InChI is InChI=1S/C12H12N4O4/c1-15-10(14-6-11(15)16(18)19)7-20-9-5-3-2-4-8(9)12(13)17/h2-6H,7H2,1H3,(H2,13,17). The molecule has 8 heteroatoms. The third-order valence-electron chi connectivity index (χ3n) is 2.76. The lowest BCUT2D eigenvalue weighted by Gasteiger charge is -2.07. The van der Waals surface area contributed by atoms with Crippen LogP contribution in [0.4, 0.5) is 5.82 Å². The van der Waals surface area contributed by atoms with Gasteiger partial charge in [0.05, 0.1) is 12.6 Å². The molecule has 2 rings (SSSR count). The van der Waals surface area contributed by atoms with Crippen LogP contribution in [0.25, 0.3) is 0 Å². The predicted octanol–water partition coefficient (Wildman–Crippen LogP) is 1.01. The predicted molar refractivity (Wildman–Crippen MR) is 69.2 cm³/mol. The number of nitrogens with zero attached hydrogens (tertiary/aromatic N) is 3. The number of nitro groups is 1. The Hall–Kier alpha value is -2.90. The molecular formula is C12H12N4O4. The number of amides is 1. The van der Waals surface area contributed by atoms with E-state index in [0.717, 1.165) is 6.20 Å². The summed E-state index contributed by atoms with van der Waals surface area (Å²) in [5.74, 6) is -0.0557. The van der Waals surface area contributed by atoms with Crippen molar-refractivity contribution in [1.29, 1.82) is 0 Å². The maximum atomic E-state index is 11.2. The highest BCUT2D eigenvalue weighted by atomic mass is 16.6. The quantitative estimate of drug-likeness (QED) is 0.646. The summed E-state index contributed by atoms with van der Waals surface area (Å²) < 4.78 is 6.76. The molecule has 0 saturated heterocycles. The normalized spacial score (nSPS) is 10.2. The number of aromatic nitrogens is 2. The summed E-state index contributed by atoms with van der Waals surface area (Å²) in [7, 11) is 1.52. The third-order valence-corrected chi connectivity index (χ3v) is 2.76. The fraction of sp³-hybridized carbons (Fsp3) is 0.167. The van der Waals surface area contributed by atoms with E-state index in [9.17, 15) is 14.9 Å². The molecule has 0 radical (unpaired) electrons. The largest absolute Gasteiger partial charge is 0.482 e. The van der Waals surface area contributed by atoms with Crippen LogP contribution in [0.3, 0.4) is 0 Å². The summed E-state index contributed by atoms with van der Waals surface area (Å²) in [6.45, 7) is -0.00532. The first kappa shape index (κ1) is 13.5. The molecule has 0 unspecified atom stereocenters. The van der Waals surface area contributed by atoms with Crippen molar-refractivity contribution in [2.75, 3.05) is 0 Å². The van der Waals surface area contributed by atoms with Gasteiger partial charge in [-0.05, 0) is 17.1 Å². The number of ether oxygens (including phenoxy) is 1. The summed E-state index contributed by atoms with van der Waals surface area (Å²) in [4.78, 5) is 25.3. The molecule has 8 nitrogen and oxygen atoms in total. The Morgan fingerprint density at radius 2 is 2.20 bits per heavy atom. The topological polar surface area (TPSA) is 113 Å². The fourth-order valence-electron chi connectivity index (χ4n) is 1.68. The van der Waals surface area contributed by atoms with E-state index in [2.05, 4.69) is 4.98 Å². The van der Waals surface area contributed by atoms with Crippen molar-refractivity contribution in [2.24, 2.45) is 12.8 Å². The Balaban J connectivity index is 2.17. The molecule has 1 aromatic carbocycles. The Morgan fingerprint density at radius 1 is 1.50 bits per heavy atom. The first-order chi connectivity index (χ1) is 9.50. The summed E-state index contributed by atoms with van der Waals surface area (Å²) in [6, 6.07) is 6.50. The number of hydrogen-bond donors (Lipinski definition) is 1. The molecule has 2 aromatic rings. The van der Waals surface area contributed by atoms with Crippen LogP contribution in [0, 0.1) is 10.1 Å². The van der Waals surface area contributed by atoms with E-state index in [1.54, 1.807) is 24.3 Å². The van der Waals surface area contributed by atoms with Crippen molar-refractivity contribution < 1.29 is 14.5 Å². The van der Waals surface area contributed by atoms with Gasteiger partial charge in [0.1, 0.15) is 11.9 Å². The van der Waals surface area contributed by atoms with Gasteiger partial charge in [-0.15, -0.1) is 0 Å². The number of hydrogen-bond acceptors (Lipinski definition) is 5. The molecular weight excluding hydrogens is 264 g/mol. The number of nitrogens with two attached hydrogens (primary N) is 1. The minimum atomic E-state index is -0.605. The molecule has 20 heavy (non-hydrogen) atoms. The number of carbonyl (C=O) groups is 1. The Kier molecular flexibility index (Phi) is 3.65. The molecule has 0 spiro atoms. The van der Waals surface area contributed by atoms with Crippen LogP contribution in [-0.2, 0) is 13.7 Å². The molecule has 1 heterocycles. The van der Waals surface area contributed by atoms with E-state index in [4.69, 9.17) is 10.5 Å². The zero-order chi connectivity index (χ0) is 14.7. The number of carbonyl (C=O) groups excluding carboxylic acids is 1. The average Bonchev–Trinajstić information content (AvgIpc) is 2.78. The van der Waals surface area contributed by atoms with Crippen LogP contribution in [-0.4, -0.2) is 20.4 Å². The lowest BCUT2D eigenvalue weighted by atomic mass is 10.2. The van der Waals surface area contributed by atoms with E-state index in [1.807, 2.05) is 0 Å². The van der Waals surface area contributed by atoms with Gasteiger partial charge in [-0.1, -0.05) is 12.1 Å². The molecule has 0 bridgehead atoms. The zero-order valence-electron chi connectivity index (χ0n) is 10.6. The SMILES string of the molecule is Cn1c([N+](=O)[O-])cnc1COc1ccccc1C(N)=O. The Morgan fingerprint density at radius 3 is 2.80 bits per heavy atom. The molecule has 0 saturated carbocycles. The molecule has 0 aliphatic heterocycles. The molecule has 2 N–H and O–H groups in total. The minimum absolute atomic E-state index is 0.00532. The van der Waals surface area contributed by atoms with Crippen molar-refractivity contribution >= 4 is 11.7 Å². The lowest BCUT2D eigenvalue weighted by molar-refractivity contribution is -0.391. The minimum Gasteiger partial charge on any atom is -0.482 e. The maximum absolute atomic E-state index is 11.2. The second-order valence-electron chi connectivity index (χ2n) is 4.00. The first-order valence-electron chi connectivity index (χ1n) is 5.67. The third kappa shape index (κ3) is 2.58. The highest BCUT2D eigenvalue weighted by Crippen LogP contribution is 2.19. The maximum Gasteiger partial charge on any atom is 0.342 e. The van der Waals surface area contributed by atoms with Crippen molar-refractivity contribution in [3.63, 3.8) is 0 Å². The average molecular weight is 276 g/mol. The van der Waals surface area contributed by atoms with E-state index in [1.165, 1.54) is 11.6 Å². The van der Waals surface area contributed by atoms with Crippen LogP contribution < -0.4 is 10.5 Å². The molecule has 0 aliphatic carbocycles. The van der Waals surface area contributed by atoms with Gasteiger partial charge >= 0.3 is 5.82 Å². The smallest absolute Gasteiger partial charge is 0.342 e. The highest BCUT2D eigenvalue weighted by molar-refractivity contribution is 5.95. The number of rotatable bonds is 5. The van der Waals surface area contributed by atoms with Crippen LogP contribution in [0.1, 0.15) is 16.2 Å². The van der Waals surface area contributed by atoms with Crippen molar-refractivity contribution in [3.8, 4) is 5.75 Å². The van der Waals surface area contributed by atoms with Gasteiger partial charge in [0.25, 0.3) is 5.91 Å². The van der Waals surface area contributed by atoms with Crippen LogP contribution in [0.2, 0.25) is 0 Å². The Labute approximate surface area is 113 Å². The second-order valence-corrected chi connectivity index (χ2v) is 4.00. The van der Waals surface area contributed by atoms with Gasteiger partial charge in [0.2, 0.25) is 5.82 Å². The van der Waals surface area contributed by atoms with Gasteiger partial charge in [0, 0.05) is 0 Å². The summed E-state index contributed by atoms with van der Waals surface area (Å²) in [5, 5.41) is 10.7. The summed E-state index contributed by atoms with van der Waals surface area (Å²) in [5.41, 5.74) is 5.47. The summed E-state index contributed by atoms with van der Waals surface area (Å²) >= 11 is 0. The van der Waals surface area contributed by atoms with Crippen LogP contribution in [0.5, 0.6) is 5.75 Å². The van der Waals surface area contributed by atoms with Crippen LogP contribution in [0.15, 0.2) is 30.5 Å². The van der Waals surface area contributed by atoms with E-state index in [-0.39, 0.29) is 18.0 Å². The Bertz CT molecular complexity index is 665. The van der Waals surface area contributed by atoms with Gasteiger partial charge in [-0.2, -0.15) is 0 Å². The molecule has 0 fully saturated rings. The van der Waals surface area contributed by atoms with Crippen molar-refractivity contribution in [3.05, 3.63) is 52.0 Å². The van der Waals surface area contributed by atoms with Gasteiger partial charge < -0.3 is 20.6 Å². The molecule has 104 valence electrons. The van der Waals surface area contributed by atoms with Crippen LogP contribution >= 0.6 is 0 Å². The van der Waals surface area contributed by atoms with E-state index in [0.29, 0.717) is 11.6 Å². The van der Waals surface area contributed by atoms with E-state index >= 15 is 0 Å². The number of imidazole rings is 1. The number of para-hydroxylation sites is 1. The molecule has 0 aliphatic rings. The monoisotopic (exact) mass is 276 g/mol. The second kappa shape index (κ2) is 5.39.